The Hall–Kier alpha value is -3.08. The van der Waals surface area contributed by atoms with E-state index in [1.54, 1.807) is 37.5 Å². The molecule has 0 aromatic heterocycles. The van der Waals surface area contributed by atoms with E-state index < -0.39 is 0 Å². The number of ether oxygens (including phenoxy) is 1. The Kier molecular flexibility index (Phi) is 6.77. The molecule has 0 saturated carbocycles. The number of aryl methyl sites for hydroxylation is 1. The van der Waals surface area contributed by atoms with Gasteiger partial charge in [0.1, 0.15) is 5.75 Å². The van der Waals surface area contributed by atoms with E-state index in [9.17, 15) is 9.59 Å². The van der Waals surface area contributed by atoms with Gasteiger partial charge in [0.25, 0.3) is 11.8 Å². The number of nitrogens with one attached hydrogen (secondary N) is 2. The number of carbonyl (C=O) groups excluding carboxylic acids is 2. The summed E-state index contributed by atoms with van der Waals surface area (Å²) in [6.07, 6.45) is 1.60. The highest BCUT2D eigenvalue weighted by Gasteiger charge is 2.18. The molecule has 2 aromatic carbocycles. The lowest BCUT2D eigenvalue weighted by Gasteiger charge is -2.17. The number of anilines is 1. The molecule has 0 spiro atoms. The Labute approximate surface area is 160 Å². The van der Waals surface area contributed by atoms with E-state index in [0.717, 1.165) is 16.9 Å². The van der Waals surface area contributed by atoms with Crippen LogP contribution in [-0.2, 0) is 0 Å². The average molecular weight is 366 g/mol. The first kappa shape index (κ1) is 20.2. The maximum Gasteiger partial charge on any atom is 0.255 e. The minimum atomic E-state index is -0.264. The zero-order valence-electron chi connectivity index (χ0n) is 16.3. The van der Waals surface area contributed by atoms with Gasteiger partial charge in [0, 0.05) is 12.1 Å². The largest absolute Gasteiger partial charge is 0.496 e. The fourth-order valence-electron chi connectivity index (χ4n) is 2.81. The van der Waals surface area contributed by atoms with Crippen LogP contribution in [-0.4, -0.2) is 25.5 Å². The van der Waals surface area contributed by atoms with Gasteiger partial charge in [-0.1, -0.05) is 32.1 Å². The highest BCUT2D eigenvalue weighted by atomic mass is 16.5. The zero-order chi connectivity index (χ0) is 20.0. The summed E-state index contributed by atoms with van der Waals surface area (Å²) in [5, 5.41) is 5.59. The monoisotopic (exact) mass is 366 g/mol. The Morgan fingerprint density at radius 1 is 1.15 bits per heavy atom. The molecule has 0 aliphatic rings. The molecule has 2 N–H and O–H groups in total. The third kappa shape index (κ3) is 4.76. The van der Waals surface area contributed by atoms with Gasteiger partial charge in [-0.15, -0.1) is 6.58 Å². The van der Waals surface area contributed by atoms with Gasteiger partial charge in [0.15, 0.2) is 0 Å². The number of amides is 2. The van der Waals surface area contributed by atoms with Crippen LogP contribution < -0.4 is 15.4 Å². The molecule has 5 heteroatoms. The number of methoxy groups -OCH3 is 1. The van der Waals surface area contributed by atoms with Gasteiger partial charge in [-0.2, -0.15) is 0 Å². The van der Waals surface area contributed by atoms with Crippen molar-refractivity contribution in [2.24, 2.45) is 0 Å². The van der Waals surface area contributed by atoms with Crippen molar-refractivity contribution in [1.82, 2.24) is 5.32 Å². The second-order valence-corrected chi connectivity index (χ2v) is 6.56. The number of hydrogen-bond acceptors (Lipinski definition) is 3. The lowest BCUT2D eigenvalue weighted by atomic mass is 9.96. The van der Waals surface area contributed by atoms with Gasteiger partial charge in [-0.25, -0.2) is 0 Å². The van der Waals surface area contributed by atoms with Crippen molar-refractivity contribution in [1.29, 1.82) is 0 Å². The second-order valence-electron chi connectivity index (χ2n) is 6.56. The van der Waals surface area contributed by atoms with E-state index in [1.807, 2.05) is 32.9 Å². The van der Waals surface area contributed by atoms with Crippen LogP contribution in [0.5, 0.6) is 5.75 Å². The van der Waals surface area contributed by atoms with Crippen molar-refractivity contribution in [2.45, 2.75) is 26.7 Å². The van der Waals surface area contributed by atoms with E-state index in [-0.39, 0.29) is 17.7 Å². The van der Waals surface area contributed by atoms with Crippen LogP contribution in [0.4, 0.5) is 5.69 Å². The molecular formula is C22H26N2O3. The third-order valence-electron chi connectivity index (χ3n) is 4.27. The average Bonchev–Trinajstić information content (AvgIpc) is 2.65. The van der Waals surface area contributed by atoms with Crippen molar-refractivity contribution < 1.29 is 14.3 Å². The standard InChI is InChI=1S/C22H26N2O3/c1-6-11-23-21(25)16-9-7-8-10-19(16)24-22(26)18-13-17(14(2)3)20(27-5)12-15(18)4/h6-10,12-14H,1,11H2,2-5H3,(H,23,25)(H,24,26). The molecule has 0 aliphatic carbocycles. The van der Waals surface area contributed by atoms with E-state index in [2.05, 4.69) is 17.2 Å². The van der Waals surface area contributed by atoms with E-state index in [4.69, 9.17) is 4.74 Å². The maximum absolute atomic E-state index is 12.9. The number of para-hydroxylation sites is 1. The van der Waals surface area contributed by atoms with Gasteiger partial charge >= 0.3 is 0 Å². The van der Waals surface area contributed by atoms with E-state index in [0.29, 0.717) is 23.4 Å². The van der Waals surface area contributed by atoms with Gasteiger partial charge in [0.2, 0.25) is 0 Å². The number of benzene rings is 2. The van der Waals surface area contributed by atoms with Crippen LogP contribution in [0.1, 0.15) is 51.6 Å². The van der Waals surface area contributed by atoms with E-state index in [1.165, 1.54) is 0 Å². The van der Waals surface area contributed by atoms with Crippen LogP contribution in [0, 0.1) is 6.92 Å². The first-order valence-electron chi connectivity index (χ1n) is 8.87. The summed E-state index contributed by atoms with van der Waals surface area (Å²) in [5.41, 5.74) is 3.20. The fourth-order valence-corrected chi connectivity index (χ4v) is 2.81. The van der Waals surface area contributed by atoms with Gasteiger partial charge in [0.05, 0.1) is 18.4 Å². The molecule has 0 unspecified atom stereocenters. The summed E-state index contributed by atoms with van der Waals surface area (Å²) in [6, 6.07) is 10.6. The number of carbonyl (C=O) groups is 2. The van der Waals surface area contributed by atoms with Crippen LogP contribution in [0.2, 0.25) is 0 Å². The van der Waals surface area contributed by atoms with Gasteiger partial charge < -0.3 is 15.4 Å². The predicted octanol–water partition coefficient (Wildman–Crippen LogP) is 4.30. The molecule has 0 atom stereocenters. The summed E-state index contributed by atoms with van der Waals surface area (Å²) < 4.78 is 5.44. The van der Waals surface area contributed by atoms with Crippen molar-refractivity contribution in [3.05, 3.63) is 71.3 Å². The van der Waals surface area contributed by atoms with Crippen molar-refractivity contribution in [3.63, 3.8) is 0 Å². The Morgan fingerprint density at radius 3 is 2.48 bits per heavy atom. The molecule has 2 aromatic rings. The van der Waals surface area contributed by atoms with Crippen LogP contribution in [0.25, 0.3) is 0 Å². The fraction of sp³-hybridized carbons (Fsp3) is 0.273. The molecule has 0 fully saturated rings. The molecule has 0 heterocycles. The third-order valence-corrected chi connectivity index (χ3v) is 4.27. The van der Waals surface area contributed by atoms with Gasteiger partial charge in [-0.05, 0) is 48.2 Å². The van der Waals surface area contributed by atoms with Crippen molar-refractivity contribution in [3.8, 4) is 5.75 Å². The van der Waals surface area contributed by atoms with E-state index >= 15 is 0 Å². The Balaban J connectivity index is 2.34. The lowest BCUT2D eigenvalue weighted by Crippen LogP contribution is -2.25. The highest BCUT2D eigenvalue weighted by molar-refractivity contribution is 6.09. The summed E-state index contributed by atoms with van der Waals surface area (Å²) in [4.78, 5) is 25.2. The number of hydrogen-bond donors (Lipinski definition) is 2. The topological polar surface area (TPSA) is 67.4 Å². The first-order chi connectivity index (χ1) is 12.9. The lowest BCUT2D eigenvalue weighted by molar-refractivity contribution is 0.0959. The minimum absolute atomic E-state index is 0.212. The Morgan fingerprint density at radius 2 is 1.85 bits per heavy atom. The zero-order valence-corrected chi connectivity index (χ0v) is 16.3. The summed E-state index contributed by atoms with van der Waals surface area (Å²) in [7, 11) is 1.62. The minimum Gasteiger partial charge on any atom is -0.496 e. The molecule has 0 aliphatic heterocycles. The molecule has 0 saturated heterocycles. The normalized spacial score (nSPS) is 10.4. The van der Waals surface area contributed by atoms with Crippen LogP contribution in [0.3, 0.4) is 0 Å². The first-order valence-corrected chi connectivity index (χ1v) is 8.87. The molecule has 0 bridgehead atoms. The van der Waals surface area contributed by atoms with Gasteiger partial charge in [-0.3, -0.25) is 9.59 Å². The molecule has 2 rings (SSSR count). The van der Waals surface area contributed by atoms with Crippen LogP contribution >= 0.6 is 0 Å². The molecule has 2 amide bonds. The second kappa shape index (κ2) is 9.03. The summed E-state index contributed by atoms with van der Waals surface area (Å²) in [6.45, 7) is 9.91. The Bertz CT molecular complexity index is 857. The maximum atomic E-state index is 12.9. The molecular weight excluding hydrogens is 340 g/mol. The highest BCUT2D eigenvalue weighted by Crippen LogP contribution is 2.30. The molecule has 5 nitrogen and oxygen atoms in total. The predicted molar refractivity (Wildman–Crippen MR) is 109 cm³/mol. The van der Waals surface area contributed by atoms with Crippen molar-refractivity contribution in [2.75, 3.05) is 19.0 Å². The summed E-state index contributed by atoms with van der Waals surface area (Å²) in [5.74, 6) is 0.452. The smallest absolute Gasteiger partial charge is 0.255 e. The molecule has 27 heavy (non-hydrogen) atoms. The molecule has 0 radical (unpaired) electrons. The molecule has 142 valence electrons. The summed E-state index contributed by atoms with van der Waals surface area (Å²) >= 11 is 0. The van der Waals surface area contributed by atoms with Crippen LogP contribution in [0.15, 0.2) is 49.1 Å². The quantitative estimate of drug-likeness (QED) is 0.718. The SMILES string of the molecule is C=CCNC(=O)c1ccccc1NC(=O)c1cc(C(C)C)c(OC)cc1C. The number of rotatable bonds is 7. The van der Waals surface area contributed by atoms with Crippen molar-refractivity contribution >= 4 is 17.5 Å².